The van der Waals surface area contributed by atoms with Crippen LogP contribution in [0.1, 0.15) is 25.3 Å². The standard InChI is InChI=1S/C12H19N3O/c1-2-13-7-10-5-6-15(8-10)9-12(16)14-11-3-4-11/h5-6,8,11,13H,2-4,7,9H2,1H3,(H,14,16). The number of amides is 1. The molecule has 0 atom stereocenters. The van der Waals surface area contributed by atoms with E-state index >= 15 is 0 Å². The SMILES string of the molecule is CCNCc1ccn(CC(=O)NC2CC2)c1. The van der Waals surface area contributed by atoms with Crippen LogP contribution in [0.3, 0.4) is 0 Å². The van der Waals surface area contributed by atoms with Crippen molar-refractivity contribution in [1.82, 2.24) is 15.2 Å². The fourth-order valence-electron chi connectivity index (χ4n) is 1.63. The Morgan fingerprint density at radius 2 is 2.38 bits per heavy atom. The lowest BCUT2D eigenvalue weighted by Crippen LogP contribution is -2.28. The van der Waals surface area contributed by atoms with Gasteiger partial charge in [-0.05, 0) is 31.0 Å². The number of hydrogen-bond donors (Lipinski definition) is 2. The third kappa shape index (κ3) is 3.38. The Kier molecular flexibility index (Phi) is 3.62. The molecule has 1 saturated carbocycles. The van der Waals surface area contributed by atoms with Gasteiger partial charge in [-0.1, -0.05) is 6.92 Å². The van der Waals surface area contributed by atoms with Crippen molar-refractivity contribution in [3.05, 3.63) is 24.0 Å². The molecule has 1 fully saturated rings. The summed E-state index contributed by atoms with van der Waals surface area (Å²) in [5, 5.41) is 6.24. The minimum atomic E-state index is 0.119. The first-order chi connectivity index (χ1) is 7.78. The molecule has 0 bridgehead atoms. The zero-order valence-corrected chi connectivity index (χ0v) is 9.70. The summed E-state index contributed by atoms with van der Waals surface area (Å²) in [6, 6.07) is 2.50. The Morgan fingerprint density at radius 3 is 3.06 bits per heavy atom. The lowest BCUT2D eigenvalue weighted by atomic mass is 10.3. The van der Waals surface area contributed by atoms with Gasteiger partial charge >= 0.3 is 0 Å². The first-order valence-corrected chi connectivity index (χ1v) is 5.92. The second kappa shape index (κ2) is 5.16. The number of carbonyl (C=O) groups excluding carboxylic acids is 1. The molecule has 0 radical (unpaired) electrons. The fourth-order valence-corrected chi connectivity index (χ4v) is 1.63. The molecule has 1 aromatic heterocycles. The largest absolute Gasteiger partial charge is 0.352 e. The van der Waals surface area contributed by atoms with Crippen LogP contribution < -0.4 is 10.6 Å². The summed E-state index contributed by atoms with van der Waals surface area (Å²) in [7, 11) is 0. The molecule has 0 saturated heterocycles. The van der Waals surface area contributed by atoms with E-state index in [-0.39, 0.29) is 5.91 Å². The third-order valence-electron chi connectivity index (χ3n) is 2.66. The predicted octanol–water partition coefficient (Wildman–Crippen LogP) is 0.876. The van der Waals surface area contributed by atoms with Crippen LogP contribution in [0.25, 0.3) is 0 Å². The first kappa shape index (κ1) is 11.2. The van der Waals surface area contributed by atoms with Crippen LogP contribution in [-0.4, -0.2) is 23.1 Å². The number of nitrogens with one attached hydrogen (secondary N) is 2. The second-order valence-corrected chi connectivity index (χ2v) is 4.31. The van der Waals surface area contributed by atoms with E-state index < -0.39 is 0 Å². The van der Waals surface area contributed by atoms with E-state index in [9.17, 15) is 4.79 Å². The van der Waals surface area contributed by atoms with Crippen molar-refractivity contribution in [3.63, 3.8) is 0 Å². The number of aromatic nitrogens is 1. The van der Waals surface area contributed by atoms with Crippen molar-refractivity contribution in [2.45, 2.75) is 38.9 Å². The molecule has 16 heavy (non-hydrogen) atoms. The van der Waals surface area contributed by atoms with Crippen LogP contribution >= 0.6 is 0 Å². The third-order valence-corrected chi connectivity index (χ3v) is 2.66. The van der Waals surface area contributed by atoms with Crippen LogP contribution in [0, 0.1) is 0 Å². The lowest BCUT2D eigenvalue weighted by Gasteiger charge is -2.04. The first-order valence-electron chi connectivity index (χ1n) is 5.92. The second-order valence-electron chi connectivity index (χ2n) is 4.31. The van der Waals surface area contributed by atoms with Gasteiger partial charge in [-0.3, -0.25) is 4.79 Å². The maximum Gasteiger partial charge on any atom is 0.240 e. The number of carbonyl (C=O) groups is 1. The predicted molar refractivity (Wildman–Crippen MR) is 63.0 cm³/mol. The Labute approximate surface area is 96.0 Å². The molecule has 1 aliphatic rings. The summed E-state index contributed by atoms with van der Waals surface area (Å²) in [5.41, 5.74) is 1.22. The molecule has 1 heterocycles. The topological polar surface area (TPSA) is 46.1 Å². The molecule has 0 unspecified atom stereocenters. The van der Waals surface area contributed by atoms with Crippen molar-refractivity contribution in [3.8, 4) is 0 Å². The highest BCUT2D eigenvalue weighted by atomic mass is 16.2. The van der Waals surface area contributed by atoms with Crippen molar-refractivity contribution in [1.29, 1.82) is 0 Å². The van der Waals surface area contributed by atoms with Gasteiger partial charge in [0.2, 0.25) is 5.91 Å². The minimum Gasteiger partial charge on any atom is -0.352 e. The highest BCUT2D eigenvalue weighted by Gasteiger charge is 2.22. The summed E-state index contributed by atoms with van der Waals surface area (Å²) >= 11 is 0. The van der Waals surface area contributed by atoms with E-state index in [1.54, 1.807) is 0 Å². The van der Waals surface area contributed by atoms with Gasteiger partial charge in [0.1, 0.15) is 6.54 Å². The molecular weight excluding hydrogens is 202 g/mol. The molecule has 0 spiro atoms. The molecule has 2 rings (SSSR count). The average Bonchev–Trinajstić information content (AvgIpc) is 2.94. The summed E-state index contributed by atoms with van der Waals surface area (Å²) in [6.07, 6.45) is 6.26. The van der Waals surface area contributed by atoms with Crippen molar-refractivity contribution in [2.75, 3.05) is 6.54 Å². The van der Waals surface area contributed by atoms with Crippen molar-refractivity contribution in [2.24, 2.45) is 0 Å². The molecule has 4 nitrogen and oxygen atoms in total. The number of hydrogen-bond acceptors (Lipinski definition) is 2. The number of nitrogens with zero attached hydrogens (tertiary/aromatic N) is 1. The van der Waals surface area contributed by atoms with Gasteiger partial charge < -0.3 is 15.2 Å². The Balaban J connectivity index is 1.79. The van der Waals surface area contributed by atoms with Gasteiger partial charge in [0.25, 0.3) is 0 Å². The summed E-state index contributed by atoms with van der Waals surface area (Å²) in [5.74, 6) is 0.119. The van der Waals surface area contributed by atoms with Crippen LogP contribution in [0.2, 0.25) is 0 Å². The summed E-state index contributed by atoms with van der Waals surface area (Å²) in [4.78, 5) is 11.5. The molecule has 4 heteroatoms. The maximum atomic E-state index is 11.5. The van der Waals surface area contributed by atoms with E-state index in [4.69, 9.17) is 0 Å². The highest BCUT2D eigenvalue weighted by molar-refractivity contribution is 5.76. The van der Waals surface area contributed by atoms with Gasteiger partial charge in [0.05, 0.1) is 0 Å². The quantitative estimate of drug-likeness (QED) is 0.749. The molecular formula is C12H19N3O. The lowest BCUT2D eigenvalue weighted by molar-refractivity contribution is -0.121. The highest BCUT2D eigenvalue weighted by Crippen LogP contribution is 2.18. The van der Waals surface area contributed by atoms with E-state index in [1.807, 2.05) is 23.0 Å². The van der Waals surface area contributed by atoms with E-state index in [0.29, 0.717) is 12.6 Å². The van der Waals surface area contributed by atoms with E-state index in [2.05, 4.69) is 17.6 Å². The zero-order chi connectivity index (χ0) is 11.4. The smallest absolute Gasteiger partial charge is 0.240 e. The Hall–Kier alpha value is -1.29. The van der Waals surface area contributed by atoms with Gasteiger partial charge in [-0.25, -0.2) is 0 Å². The molecule has 0 aromatic carbocycles. The summed E-state index contributed by atoms with van der Waals surface area (Å²) in [6.45, 7) is 4.35. The van der Waals surface area contributed by atoms with Crippen LogP contribution in [0.15, 0.2) is 18.5 Å². The molecule has 2 N–H and O–H groups in total. The monoisotopic (exact) mass is 221 g/mol. The molecule has 1 aromatic rings. The fraction of sp³-hybridized carbons (Fsp3) is 0.583. The molecule has 88 valence electrons. The van der Waals surface area contributed by atoms with Crippen LogP contribution in [0.4, 0.5) is 0 Å². The van der Waals surface area contributed by atoms with E-state index in [1.165, 1.54) is 5.56 Å². The molecule has 1 aliphatic carbocycles. The normalized spacial score (nSPS) is 15.1. The van der Waals surface area contributed by atoms with Gasteiger partial charge in [0, 0.05) is 25.0 Å². The molecule has 1 amide bonds. The van der Waals surface area contributed by atoms with Crippen LogP contribution in [-0.2, 0) is 17.9 Å². The zero-order valence-electron chi connectivity index (χ0n) is 9.70. The van der Waals surface area contributed by atoms with Crippen molar-refractivity contribution < 1.29 is 4.79 Å². The average molecular weight is 221 g/mol. The van der Waals surface area contributed by atoms with E-state index in [0.717, 1.165) is 25.9 Å². The van der Waals surface area contributed by atoms with Crippen molar-refractivity contribution >= 4 is 5.91 Å². The Bertz CT molecular complexity index is 355. The van der Waals surface area contributed by atoms with Gasteiger partial charge in [0.15, 0.2) is 0 Å². The minimum absolute atomic E-state index is 0.119. The number of rotatable bonds is 6. The Morgan fingerprint density at radius 1 is 1.56 bits per heavy atom. The van der Waals surface area contributed by atoms with Gasteiger partial charge in [-0.15, -0.1) is 0 Å². The maximum absolute atomic E-state index is 11.5. The summed E-state index contributed by atoms with van der Waals surface area (Å²) < 4.78 is 1.93. The van der Waals surface area contributed by atoms with Gasteiger partial charge in [-0.2, -0.15) is 0 Å². The molecule has 0 aliphatic heterocycles. The van der Waals surface area contributed by atoms with Crippen LogP contribution in [0.5, 0.6) is 0 Å².